The Balaban J connectivity index is 1.59. The molecule has 2 atom stereocenters. The first-order valence-electron chi connectivity index (χ1n) is 11.9. The van der Waals surface area contributed by atoms with Crippen LogP contribution in [0.25, 0.3) is 9.88 Å². The van der Waals surface area contributed by atoms with E-state index < -0.39 is 22.4 Å². The zero-order valence-corrected chi connectivity index (χ0v) is 23.5. The Labute approximate surface area is 235 Å². The number of nitrogens with one attached hydrogen (secondary N) is 3. The second-order valence-corrected chi connectivity index (χ2v) is 11.6. The van der Waals surface area contributed by atoms with Gasteiger partial charge >= 0.3 is 10.3 Å². The Bertz CT molecular complexity index is 1490. The number of aromatic nitrogens is 1. The summed E-state index contributed by atoms with van der Waals surface area (Å²) >= 11 is 3.09. The van der Waals surface area contributed by atoms with Crippen molar-refractivity contribution in [3.63, 3.8) is 0 Å². The molecule has 0 bridgehead atoms. The maximum Gasteiger partial charge on any atom is 0.357 e. The van der Waals surface area contributed by atoms with Crippen LogP contribution in [0.1, 0.15) is 22.9 Å². The molecule has 0 radical (unpaired) electrons. The summed E-state index contributed by atoms with van der Waals surface area (Å²) in [6.45, 7) is 3.82. The van der Waals surface area contributed by atoms with Crippen LogP contribution in [0.15, 0.2) is 90.0 Å². The lowest BCUT2D eigenvalue weighted by Gasteiger charge is -2.24. The minimum Gasteiger partial charge on any atom is -0.483 e. The van der Waals surface area contributed by atoms with Crippen molar-refractivity contribution in [1.29, 1.82) is 0 Å². The molecule has 0 spiro atoms. The first-order valence-corrected chi connectivity index (χ1v) is 15.1. The standard InChI is InChI=1S/C27H28N4O5S3/c1-18(36-2)28-23(16-19-7-4-3-5-8-19)26(32)29-22(24-17-38-27(30-24)25-9-6-14-37-25)15-20-10-12-21(13-11-20)31-39(33,34)35/h3-14,17,22-23,28,31H,1,15-16H2,2H3,(H,29,32)(H,33,34,35)/t22-,23+/m1/s1. The highest BCUT2D eigenvalue weighted by Crippen LogP contribution is 2.31. The van der Waals surface area contributed by atoms with E-state index in [2.05, 4.69) is 17.2 Å². The molecule has 2 aromatic heterocycles. The number of hydrogen-bond donors (Lipinski definition) is 4. The largest absolute Gasteiger partial charge is 0.483 e. The van der Waals surface area contributed by atoms with Crippen molar-refractivity contribution >= 4 is 44.6 Å². The summed E-state index contributed by atoms with van der Waals surface area (Å²) in [6, 6.07) is 19.0. The van der Waals surface area contributed by atoms with E-state index in [0.717, 1.165) is 21.0 Å². The van der Waals surface area contributed by atoms with Crippen LogP contribution < -0.4 is 15.4 Å². The Hall–Kier alpha value is -3.71. The van der Waals surface area contributed by atoms with E-state index >= 15 is 0 Å². The average Bonchev–Trinajstić information content (AvgIpc) is 3.61. The molecule has 4 rings (SSSR count). The molecular formula is C27H28N4O5S3. The van der Waals surface area contributed by atoms with Crippen molar-refractivity contribution in [2.24, 2.45) is 0 Å². The van der Waals surface area contributed by atoms with Crippen LogP contribution in [0.5, 0.6) is 0 Å². The molecule has 4 aromatic rings. The van der Waals surface area contributed by atoms with Gasteiger partial charge in [0.15, 0.2) is 5.88 Å². The van der Waals surface area contributed by atoms with Gasteiger partial charge in [0, 0.05) is 11.8 Å². The van der Waals surface area contributed by atoms with E-state index in [0.29, 0.717) is 18.5 Å². The number of rotatable bonds is 13. The van der Waals surface area contributed by atoms with Gasteiger partial charge in [0.05, 0.1) is 29.4 Å². The number of methoxy groups -OCH3 is 1. The zero-order chi connectivity index (χ0) is 27.8. The van der Waals surface area contributed by atoms with E-state index in [-0.39, 0.29) is 17.5 Å². The number of nitrogens with zero attached hydrogens (tertiary/aromatic N) is 1. The smallest absolute Gasteiger partial charge is 0.357 e. The van der Waals surface area contributed by atoms with Crippen LogP contribution in [-0.4, -0.2) is 37.0 Å². The van der Waals surface area contributed by atoms with E-state index in [1.54, 1.807) is 35.6 Å². The third-order valence-electron chi connectivity index (χ3n) is 5.75. The van der Waals surface area contributed by atoms with Crippen molar-refractivity contribution in [2.75, 3.05) is 11.8 Å². The quantitative estimate of drug-likeness (QED) is 0.131. The van der Waals surface area contributed by atoms with Crippen molar-refractivity contribution in [3.05, 3.63) is 107 Å². The average molecular weight is 585 g/mol. The van der Waals surface area contributed by atoms with Gasteiger partial charge in [-0.25, -0.2) is 4.98 Å². The fourth-order valence-electron chi connectivity index (χ4n) is 3.87. The summed E-state index contributed by atoms with van der Waals surface area (Å²) < 4.78 is 38.5. The van der Waals surface area contributed by atoms with Crippen LogP contribution >= 0.6 is 22.7 Å². The van der Waals surface area contributed by atoms with Crippen LogP contribution in [-0.2, 0) is 32.7 Å². The normalized spacial score (nSPS) is 12.8. The van der Waals surface area contributed by atoms with Crippen molar-refractivity contribution in [1.82, 2.24) is 15.6 Å². The van der Waals surface area contributed by atoms with Crippen molar-refractivity contribution in [2.45, 2.75) is 24.9 Å². The van der Waals surface area contributed by atoms with Crippen LogP contribution in [0, 0.1) is 0 Å². The first kappa shape index (κ1) is 28.3. The molecule has 1 amide bonds. The van der Waals surface area contributed by atoms with Crippen molar-refractivity contribution < 1.29 is 22.5 Å². The van der Waals surface area contributed by atoms with Gasteiger partial charge in [-0.3, -0.25) is 14.1 Å². The van der Waals surface area contributed by atoms with Gasteiger partial charge in [-0.05, 0) is 47.7 Å². The van der Waals surface area contributed by atoms with E-state index in [1.807, 2.05) is 57.9 Å². The molecule has 204 valence electrons. The molecule has 0 aliphatic rings. The monoisotopic (exact) mass is 584 g/mol. The second-order valence-electron chi connectivity index (χ2n) is 8.61. The molecule has 0 aliphatic carbocycles. The summed E-state index contributed by atoms with van der Waals surface area (Å²) in [4.78, 5) is 19.5. The highest BCUT2D eigenvalue weighted by atomic mass is 32.2. The van der Waals surface area contributed by atoms with Gasteiger partial charge in [0.25, 0.3) is 0 Å². The Morgan fingerprint density at radius 1 is 1.00 bits per heavy atom. The molecule has 2 heterocycles. The van der Waals surface area contributed by atoms with Crippen molar-refractivity contribution in [3.8, 4) is 9.88 Å². The number of thiazole rings is 1. The number of ether oxygens (including phenoxy) is 1. The van der Waals surface area contributed by atoms with Gasteiger partial charge in [-0.15, -0.1) is 22.7 Å². The van der Waals surface area contributed by atoms with Gasteiger partial charge in [-0.2, -0.15) is 8.42 Å². The van der Waals surface area contributed by atoms with Gasteiger partial charge < -0.3 is 15.4 Å². The lowest BCUT2D eigenvalue weighted by molar-refractivity contribution is -0.124. The molecule has 0 fully saturated rings. The highest BCUT2D eigenvalue weighted by molar-refractivity contribution is 7.87. The summed E-state index contributed by atoms with van der Waals surface area (Å²) in [6.07, 6.45) is 0.810. The summed E-state index contributed by atoms with van der Waals surface area (Å²) in [7, 11) is -2.89. The fraction of sp³-hybridized carbons (Fsp3) is 0.185. The maximum absolute atomic E-state index is 13.6. The minimum absolute atomic E-state index is 0.223. The third-order valence-corrected chi connectivity index (χ3v) is 8.14. The van der Waals surface area contributed by atoms with Gasteiger partial charge in [0.2, 0.25) is 5.91 Å². The van der Waals surface area contributed by atoms with Gasteiger partial charge in [0.1, 0.15) is 11.0 Å². The topological polar surface area (TPSA) is 130 Å². The molecular weight excluding hydrogens is 557 g/mol. The van der Waals surface area contributed by atoms with E-state index in [9.17, 15) is 13.2 Å². The number of carbonyl (C=O) groups is 1. The molecule has 9 nitrogen and oxygen atoms in total. The molecule has 0 unspecified atom stereocenters. The molecule has 39 heavy (non-hydrogen) atoms. The number of anilines is 1. The Kier molecular flexibility index (Phi) is 9.36. The number of thiophene rings is 1. The lowest BCUT2D eigenvalue weighted by Crippen LogP contribution is -2.46. The highest BCUT2D eigenvalue weighted by Gasteiger charge is 2.25. The Morgan fingerprint density at radius 3 is 2.36 bits per heavy atom. The number of amides is 1. The number of carbonyl (C=O) groups excluding carboxylic acids is 1. The summed E-state index contributed by atoms with van der Waals surface area (Å²) in [5.41, 5.74) is 2.74. The lowest BCUT2D eigenvalue weighted by atomic mass is 10.0. The minimum atomic E-state index is -4.38. The maximum atomic E-state index is 13.6. The van der Waals surface area contributed by atoms with E-state index in [1.165, 1.54) is 18.4 Å². The fourth-order valence-corrected chi connectivity index (χ4v) is 5.99. The molecule has 4 N–H and O–H groups in total. The summed E-state index contributed by atoms with van der Waals surface area (Å²) in [5, 5.41) is 11.0. The Morgan fingerprint density at radius 2 is 1.72 bits per heavy atom. The molecule has 0 aliphatic heterocycles. The van der Waals surface area contributed by atoms with E-state index in [4.69, 9.17) is 14.3 Å². The number of benzene rings is 2. The van der Waals surface area contributed by atoms with Crippen LogP contribution in [0.2, 0.25) is 0 Å². The predicted octanol–water partition coefficient (Wildman–Crippen LogP) is 4.80. The number of hydrogen-bond acceptors (Lipinski definition) is 8. The van der Waals surface area contributed by atoms with Crippen LogP contribution in [0.3, 0.4) is 0 Å². The molecule has 0 saturated carbocycles. The first-order chi connectivity index (χ1) is 18.7. The second kappa shape index (κ2) is 12.9. The zero-order valence-electron chi connectivity index (χ0n) is 21.0. The molecule has 12 heteroatoms. The van der Waals surface area contributed by atoms with Gasteiger partial charge in [-0.1, -0.05) is 48.5 Å². The van der Waals surface area contributed by atoms with Crippen LogP contribution in [0.4, 0.5) is 5.69 Å². The third kappa shape index (κ3) is 8.39. The SMILES string of the molecule is C=C(N[C@@H](Cc1ccccc1)C(=O)N[C@H](Cc1ccc(NS(=O)(=O)O)cc1)c1csc(-c2cccs2)n1)OC. The molecule has 2 aromatic carbocycles. The molecule has 0 saturated heterocycles. The summed E-state index contributed by atoms with van der Waals surface area (Å²) in [5.74, 6) is 0.0237. The predicted molar refractivity (Wildman–Crippen MR) is 155 cm³/mol.